The summed E-state index contributed by atoms with van der Waals surface area (Å²) in [6, 6.07) is 0. The van der Waals surface area contributed by atoms with Crippen molar-refractivity contribution in [2.24, 2.45) is 0 Å². The molecule has 0 spiro atoms. The van der Waals surface area contributed by atoms with Crippen LogP contribution in [0.3, 0.4) is 0 Å². The summed E-state index contributed by atoms with van der Waals surface area (Å²) in [6.07, 6.45) is 61.4. The first-order chi connectivity index (χ1) is 42.6. The van der Waals surface area contributed by atoms with Gasteiger partial charge in [0.15, 0.2) is 0 Å². The molecule has 0 bridgehead atoms. The predicted octanol–water partition coefficient (Wildman–Crippen LogP) is 22.4. The van der Waals surface area contributed by atoms with E-state index in [1.807, 2.05) is 0 Å². The highest BCUT2D eigenvalue weighted by molar-refractivity contribution is 8.35. The van der Waals surface area contributed by atoms with Crippen LogP contribution < -0.4 is 0 Å². The van der Waals surface area contributed by atoms with Crippen molar-refractivity contribution >= 4 is 74.8 Å². The van der Waals surface area contributed by atoms with Crippen LogP contribution in [0.25, 0.3) is 0 Å². The van der Waals surface area contributed by atoms with Crippen LogP contribution in [0.5, 0.6) is 0 Å². The largest absolute Gasteiger partial charge is 0.298 e. The summed E-state index contributed by atoms with van der Waals surface area (Å²) in [6.45, 7) is 0. The Balaban J connectivity index is 0.000000140. The quantitative estimate of drug-likeness (QED) is 0.170. The number of carbonyl (C=O) groups is 4. The lowest BCUT2D eigenvalue weighted by Gasteiger charge is -2.56. The van der Waals surface area contributed by atoms with E-state index in [0.717, 1.165) is 205 Å². The van der Waals surface area contributed by atoms with Gasteiger partial charge in [-0.05, 0) is 154 Å². The molecule has 12 aliphatic carbocycles. The van der Waals surface area contributed by atoms with Gasteiger partial charge in [0.1, 0.15) is 23.1 Å². The second-order valence-electron chi connectivity index (χ2n) is 30.4. The standard InChI is InChI=1S/C19H34O4S2.3C18H31FOS/c1-24(21,22)23-25(16-10-4-2-5-11-16,17-12-6-3-7-13-17)19-15-9-8-14-18(19)20;3*19-21(15-9-3-1-4-10-15,16-11-5-2-6-12-16)18-14-8-7-13-17(18)20/h16-17,19H,2-15H2,1H3;3*15-16,18H,1-14H2. The van der Waals surface area contributed by atoms with Gasteiger partial charge in [-0.15, -0.1) is 10.3 Å². The van der Waals surface area contributed by atoms with E-state index in [-0.39, 0.29) is 69.8 Å². The van der Waals surface area contributed by atoms with Gasteiger partial charge < -0.3 is 0 Å². The van der Waals surface area contributed by atoms with Crippen LogP contribution >= 0.6 is 41.6 Å². The molecule has 0 aliphatic heterocycles. The highest BCUT2D eigenvalue weighted by atomic mass is 32.3. The van der Waals surface area contributed by atoms with Gasteiger partial charge in [0.05, 0.1) is 27.3 Å². The van der Waals surface area contributed by atoms with Crippen LogP contribution in [0, 0.1) is 0 Å². The van der Waals surface area contributed by atoms with Crippen LogP contribution in [0.4, 0.5) is 11.7 Å². The molecule has 12 rings (SSSR count). The SMILES string of the molecule is CS(=O)(=O)OS(C1CCCCC1)(C1CCCCC1)C1CCCCC1=O.O=C1CCCCC1S(F)(C1CCCCC1)C1CCCCC1.O=C1CCCCC1S(F)(C1CCCCC1)C1CCCCC1.O=C1CCCCC1S(F)(C1CCCCC1)C1CCCCC1. The highest BCUT2D eigenvalue weighted by Gasteiger charge is 2.55. The van der Waals surface area contributed by atoms with E-state index in [1.54, 1.807) is 0 Å². The zero-order valence-corrected chi connectivity index (χ0v) is 59.6. The molecule has 512 valence electrons. The summed E-state index contributed by atoms with van der Waals surface area (Å²) in [5.74, 6) is 1.15. The molecular weight excluding hydrogens is 1210 g/mol. The molecule has 0 amide bonds. The molecule has 88 heavy (non-hydrogen) atoms. The molecule has 7 nitrogen and oxygen atoms in total. The van der Waals surface area contributed by atoms with Crippen molar-refractivity contribution in [1.82, 2.24) is 0 Å². The van der Waals surface area contributed by atoms with E-state index in [2.05, 4.69) is 0 Å². The molecule has 0 N–H and O–H groups in total. The molecule has 4 unspecified atom stereocenters. The normalized spacial score (nSPS) is 30.6. The Hall–Kier alpha value is -0.220. The zero-order valence-electron chi connectivity index (χ0n) is 55.6. The molecule has 15 heteroatoms. The summed E-state index contributed by atoms with van der Waals surface area (Å²) < 4.78 is 80.6. The number of Topliss-reactive ketones (excluding diaryl/α,β-unsaturated/α-hetero) is 4. The van der Waals surface area contributed by atoms with Crippen LogP contribution in [0.15, 0.2) is 0 Å². The molecule has 12 aliphatic rings. The second kappa shape index (κ2) is 35.2. The van der Waals surface area contributed by atoms with E-state index in [0.29, 0.717) is 42.0 Å². The Morgan fingerprint density at radius 2 is 0.420 bits per heavy atom. The lowest BCUT2D eigenvalue weighted by Crippen LogP contribution is -2.45. The summed E-state index contributed by atoms with van der Waals surface area (Å²) in [7, 11) is -12.2. The van der Waals surface area contributed by atoms with Crippen LogP contribution in [-0.2, 0) is 32.9 Å². The van der Waals surface area contributed by atoms with E-state index in [1.165, 1.54) is 135 Å². The van der Waals surface area contributed by atoms with E-state index < -0.39 is 51.7 Å². The van der Waals surface area contributed by atoms with Crippen molar-refractivity contribution in [2.75, 3.05) is 6.26 Å². The monoisotopic (exact) mass is 1330 g/mol. The first kappa shape index (κ1) is 72.1. The molecule has 4 atom stereocenters. The second-order valence-corrected chi connectivity index (χ2v) is 45.4. The summed E-state index contributed by atoms with van der Waals surface area (Å²) in [4.78, 5) is 50.5. The van der Waals surface area contributed by atoms with Crippen LogP contribution in [-0.4, -0.2) is 101 Å². The third-order valence-electron chi connectivity index (χ3n) is 24.5. The minimum atomic E-state index is -3.57. The van der Waals surface area contributed by atoms with E-state index in [4.69, 9.17) is 3.63 Å². The Morgan fingerprint density at radius 1 is 0.250 bits per heavy atom. The Labute approximate surface area is 542 Å². The predicted molar refractivity (Wildman–Crippen MR) is 374 cm³/mol. The Bertz CT molecular complexity index is 2020. The minimum absolute atomic E-state index is 0.137. The fourth-order valence-electron chi connectivity index (χ4n) is 20.1. The average Bonchev–Trinajstić information content (AvgIpc) is 1.51. The number of hydrogen-bond donors (Lipinski definition) is 0. The summed E-state index contributed by atoms with van der Waals surface area (Å²) in [5, 5.41) is 1.42. The highest BCUT2D eigenvalue weighted by Crippen LogP contribution is 2.73. The topological polar surface area (TPSA) is 112 Å². The first-order valence-electron chi connectivity index (χ1n) is 37.9. The number of rotatable bonds is 14. The maximum absolute atomic E-state index is 16.6. The molecule has 0 aromatic carbocycles. The number of carbonyl (C=O) groups excluding carboxylic acids is 4. The number of hydrogen-bond acceptors (Lipinski definition) is 7. The van der Waals surface area contributed by atoms with Gasteiger partial charge in [0, 0.05) is 67.7 Å². The maximum Gasteiger partial charge on any atom is 0.273 e. The lowest BCUT2D eigenvalue weighted by molar-refractivity contribution is -0.120. The fourth-order valence-corrected chi connectivity index (χ4v) is 41.6. The van der Waals surface area contributed by atoms with Gasteiger partial charge in [-0.3, -0.25) is 19.2 Å². The number of halogens is 3. The third kappa shape index (κ3) is 17.9. The first-order valence-corrected chi connectivity index (χ1v) is 46.6. The minimum Gasteiger partial charge on any atom is -0.298 e. The molecule has 0 saturated heterocycles. The van der Waals surface area contributed by atoms with Gasteiger partial charge in [0.25, 0.3) is 10.1 Å². The van der Waals surface area contributed by atoms with Gasteiger partial charge in [-0.25, -0.2) is 3.63 Å². The van der Waals surface area contributed by atoms with Gasteiger partial charge in [0.2, 0.25) is 0 Å². The van der Waals surface area contributed by atoms with Crippen molar-refractivity contribution in [2.45, 2.75) is 423 Å². The Kier molecular flexibility index (Phi) is 28.8. The summed E-state index contributed by atoms with van der Waals surface area (Å²) in [5.41, 5.74) is 0. The molecule has 0 radical (unpaired) electrons. The zero-order chi connectivity index (χ0) is 62.0. The fraction of sp³-hybridized carbons (Fsp3) is 0.945. The van der Waals surface area contributed by atoms with E-state index >= 15 is 11.7 Å². The van der Waals surface area contributed by atoms with Crippen molar-refractivity contribution < 1.29 is 42.9 Å². The van der Waals surface area contributed by atoms with Crippen molar-refractivity contribution in [3.63, 3.8) is 0 Å². The molecule has 0 heterocycles. The van der Waals surface area contributed by atoms with E-state index in [9.17, 15) is 27.6 Å². The molecule has 12 fully saturated rings. The molecular formula is C73H127F3O7S5. The van der Waals surface area contributed by atoms with Crippen LogP contribution in [0.1, 0.15) is 360 Å². The molecule has 0 aromatic heterocycles. The third-order valence-corrected chi connectivity index (χ3v) is 43.9. The van der Waals surface area contributed by atoms with Gasteiger partial charge in [-0.2, -0.15) is 20.1 Å². The van der Waals surface area contributed by atoms with Gasteiger partial charge in [-0.1, -0.05) is 211 Å². The average molecular weight is 1330 g/mol. The van der Waals surface area contributed by atoms with Crippen molar-refractivity contribution in [1.29, 1.82) is 0 Å². The van der Waals surface area contributed by atoms with Gasteiger partial charge >= 0.3 is 0 Å². The number of ketones is 4. The smallest absolute Gasteiger partial charge is 0.273 e. The van der Waals surface area contributed by atoms with Crippen LogP contribution in [0.2, 0.25) is 0 Å². The molecule has 0 aromatic rings. The Morgan fingerprint density at radius 3 is 0.602 bits per heavy atom. The molecule has 12 saturated carbocycles. The van der Waals surface area contributed by atoms with Crippen molar-refractivity contribution in [3.8, 4) is 0 Å². The maximum atomic E-state index is 16.6. The van der Waals surface area contributed by atoms with Crippen molar-refractivity contribution in [3.05, 3.63) is 0 Å². The summed E-state index contributed by atoms with van der Waals surface area (Å²) >= 11 is 0. The lowest BCUT2D eigenvalue weighted by atomic mass is 9.98.